The Labute approximate surface area is 84.7 Å². The van der Waals surface area contributed by atoms with Crippen molar-refractivity contribution in [3.8, 4) is 0 Å². The van der Waals surface area contributed by atoms with Crippen LogP contribution in [0.1, 0.15) is 18.4 Å². The fraction of sp³-hybridized carbons (Fsp3) is 0.300. The summed E-state index contributed by atoms with van der Waals surface area (Å²) in [4.78, 5) is 10.9. The highest BCUT2D eigenvalue weighted by atomic mass is 79.9. The molecule has 0 spiro atoms. The molecule has 0 aliphatic heterocycles. The van der Waals surface area contributed by atoms with Gasteiger partial charge in [0.25, 0.3) is 0 Å². The summed E-state index contributed by atoms with van der Waals surface area (Å²) < 4.78 is 0.914. The second-order valence-electron chi connectivity index (χ2n) is 3.38. The molecule has 1 fully saturated rings. The number of carboxylic acids is 1. The molecule has 1 saturated carbocycles. The van der Waals surface area contributed by atoms with Gasteiger partial charge < -0.3 is 9.90 Å². The maximum atomic E-state index is 10.9. The van der Waals surface area contributed by atoms with E-state index in [1.807, 2.05) is 24.3 Å². The van der Waals surface area contributed by atoms with E-state index in [9.17, 15) is 9.90 Å². The topological polar surface area (TPSA) is 40.1 Å². The van der Waals surface area contributed by atoms with E-state index in [1.165, 1.54) is 0 Å². The Morgan fingerprint density at radius 3 is 2.62 bits per heavy atom. The van der Waals surface area contributed by atoms with Crippen molar-refractivity contribution in [2.45, 2.75) is 18.3 Å². The summed E-state index contributed by atoms with van der Waals surface area (Å²) >= 11 is 3.32. The molecule has 13 heavy (non-hydrogen) atoms. The molecule has 1 aliphatic rings. The summed E-state index contributed by atoms with van der Waals surface area (Å²) in [5.74, 6) is -0.953. The average Bonchev–Trinajstić information content (AvgIpc) is 2.83. The molecule has 0 bridgehead atoms. The lowest BCUT2D eigenvalue weighted by molar-refractivity contribution is -0.309. The van der Waals surface area contributed by atoms with E-state index in [4.69, 9.17) is 0 Å². The van der Waals surface area contributed by atoms with Gasteiger partial charge in [-0.2, -0.15) is 0 Å². The van der Waals surface area contributed by atoms with Crippen LogP contribution in [-0.2, 0) is 10.2 Å². The van der Waals surface area contributed by atoms with Crippen LogP contribution in [0.3, 0.4) is 0 Å². The molecule has 1 aliphatic carbocycles. The molecule has 68 valence electrons. The number of halogens is 1. The van der Waals surface area contributed by atoms with E-state index >= 15 is 0 Å². The molecular formula is C10H8BrO2-. The van der Waals surface area contributed by atoms with Gasteiger partial charge in [0.2, 0.25) is 0 Å². The molecule has 0 unspecified atom stereocenters. The van der Waals surface area contributed by atoms with Crippen molar-refractivity contribution in [1.29, 1.82) is 0 Å². The van der Waals surface area contributed by atoms with Crippen LogP contribution in [-0.4, -0.2) is 5.97 Å². The van der Waals surface area contributed by atoms with Crippen LogP contribution in [0.15, 0.2) is 28.7 Å². The van der Waals surface area contributed by atoms with E-state index in [2.05, 4.69) is 15.9 Å². The van der Waals surface area contributed by atoms with Crippen molar-refractivity contribution < 1.29 is 9.90 Å². The van der Waals surface area contributed by atoms with Crippen molar-refractivity contribution in [3.05, 3.63) is 34.3 Å². The average molecular weight is 240 g/mol. The van der Waals surface area contributed by atoms with Gasteiger partial charge in [-0.05, 0) is 30.5 Å². The fourth-order valence-electron chi connectivity index (χ4n) is 1.52. The van der Waals surface area contributed by atoms with Gasteiger partial charge >= 0.3 is 0 Å². The van der Waals surface area contributed by atoms with Crippen LogP contribution in [0.25, 0.3) is 0 Å². The Morgan fingerprint density at radius 1 is 1.46 bits per heavy atom. The molecule has 2 rings (SSSR count). The van der Waals surface area contributed by atoms with E-state index in [0.29, 0.717) is 12.8 Å². The van der Waals surface area contributed by atoms with Gasteiger partial charge in [-0.3, -0.25) is 0 Å². The number of carbonyl (C=O) groups excluding carboxylic acids is 1. The predicted molar refractivity (Wildman–Crippen MR) is 50.1 cm³/mol. The summed E-state index contributed by atoms with van der Waals surface area (Å²) in [6.45, 7) is 0. The SMILES string of the molecule is O=C([O-])C1(c2cccc(Br)c2)CC1. The Bertz CT molecular complexity index is 356. The quantitative estimate of drug-likeness (QED) is 0.779. The molecule has 2 nitrogen and oxygen atoms in total. The van der Waals surface area contributed by atoms with Gasteiger partial charge in [0.1, 0.15) is 0 Å². The monoisotopic (exact) mass is 239 g/mol. The van der Waals surface area contributed by atoms with Crippen LogP contribution in [0.4, 0.5) is 0 Å². The molecule has 0 saturated heterocycles. The molecule has 0 amide bonds. The molecule has 0 N–H and O–H groups in total. The van der Waals surface area contributed by atoms with E-state index in [1.54, 1.807) is 0 Å². The van der Waals surface area contributed by atoms with E-state index < -0.39 is 11.4 Å². The van der Waals surface area contributed by atoms with Crippen molar-refractivity contribution in [2.24, 2.45) is 0 Å². The molecule has 0 atom stereocenters. The van der Waals surface area contributed by atoms with Crippen LogP contribution >= 0.6 is 15.9 Å². The second-order valence-corrected chi connectivity index (χ2v) is 4.30. The normalized spacial score (nSPS) is 18.2. The van der Waals surface area contributed by atoms with Gasteiger partial charge in [-0.25, -0.2) is 0 Å². The first-order valence-electron chi connectivity index (χ1n) is 4.13. The smallest absolute Gasteiger partial charge is 0.0520 e. The van der Waals surface area contributed by atoms with E-state index in [0.717, 1.165) is 10.0 Å². The van der Waals surface area contributed by atoms with Gasteiger partial charge in [-0.15, -0.1) is 0 Å². The summed E-state index contributed by atoms with van der Waals surface area (Å²) in [7, 11) is 0. The number of carboxylic acid groups (broad SMARTS) is 1. The number of carbonyl (C=O) groups is 1. The molecule has 1 aromatic rings. The van der Waals surface area contributed by atoms with Crippen LogP contribution in [0.2, 0.25) is 0 Å². The molecule has 3 heteroatoms. The number of hydrogen-bond donors (Lipinski definition) is 0. The maximum Gasteiger partial charge on any atom is 0.0520 e. The summed E-state index contributed by atoms with van der Waals surface area (Å²) in [6.07, 6.45) is 1.40. The minimum Gasteiger partial charge on any atom is -0.549 e. The Balaban J connectivity index is 2.41. The van der Waals surface area contributed by atoms with Crippen molar-refractivity contribution in [2.75, 3.05) is 0 Å². The lowest BCUT2D eigenvalue weighted by atomic mass is 9.96. The number of hydrogen-bond acceptors (Lipinski definition) is 2. The minimum absolute atomic E-state index is 0.691. The number of aliphatic carboxylic acids is 1. The Hall–Kier alpha value is -0.830. The van der Waals surface area contributed by atoms with Gasteiger partial charge in [0, 0.05) is 9.89 Å². The second kappa shape index (κ2) is 2.84. The highest BCUT2D eigenvalue weighted by Crippen LogP contribution is 2.48. The Morgan fingerprint density at radius 2 is 2.15 bits per heavy atom. The van der Waals surface area contributed by atoms with Gasteiger partial charge in [0.05, 0.1) is 5.97 Å². The third-order valence-corrected chi connectivity index (χ3v) is 3.01. The summed E-state index contributed by atoms with van der Waals surface area (Å²) in [5.41, 5.74) is 0.158. The summed E-state index contributed by atoms with van der Waals surface area (Å²) in [6, 6.07) is 7.42. The maximum absolute atomic E-state index is 10.9. The third kappa shape index (κ3) is 1.37. The van der Waals surface area contributed by atoms with Crippen molar-refractivity contribution in [3.63, 3.8) is 0 Å². The molecular weight excluding hydrogens is 232 g/mol. The van der Waals surface area contributed by atoms with Gasteiger partial charge in [0.15, 0.2) is 0 Å². The van der Waals surface area contributed by atoms with Crippen LogP contribution in [0.5, 0.6) is 0 Å². The van der Waals surface area contributed by atoms with Gasteiger partial charge in [-0.1, -0.05) is 28.1 Å². The Kier molecular flexibility index (Phi) is 1.91. The zero-order chi connectivity index (χ0) is 9.47. The van der Waals surface area contributed by atoms with Crippen LogP contribution in [0, 0.1) is 0 Å². The molecule has 1 aromatic carbocycles. The lowest BCUT2D eigenvalue weighted by Gasteiger charge is -2.16. The first kappa shape index (κ1) is 8.75. The largest absolute Gasteiger partial charge is 0.549 e. The highest BCUT2D eigenvalue weighted by molar-refractivity contribution is 9.10. The highest BCUT2D eigenvalue weighted by Gasteiger charge is 2.45. The number of rotatable bonds is 2. The minimum atomic E-state index is -0.953. The molecule has 0 radical (unpaired) electrons. The third-order valence-electron chi connectivity index (χ3n) is 2.52. The van der Waals surface area contributed by atoms with Crippen molar-refractivity contribution >= 4 is 21.9 Å². The first-order valence-corrected chi connectivity index (χ1v) is 4.92. The summed E-state index contributed by atoms with van der Waals surface area (Å²) in [5, 5.41) is 10.9. The van der Waals surface area contributed by atoms with Crippen LogP contribution < -0.4 is 5.11 Å². The first-order chi connectivity index (χ1) is 6.15. The molecule has 0 aromatic heterocycles. The molecule has 0 heterocycles. The fourth-order valence-corrected chi connectivity index (χ4v) is 1.92. The predicted octanol–water partition coefficient (Wildman–Crippen LogP) is 1.23. The lowest BCUT2D eigenvalue weighted by Crippen LogP contribution is -2.35. The van der Waals surface area contributed by atoms with E-state index in [-0.39, 0.29) is 0 Å². The zero-order valence-corrected chi connectivity index (χ0v) is 8.50. The van der Waals surface area contributed by atoms with Crippen molar-refractivity contribution in [1.82, 2.24) is 0 Å². The standard InChI is InChI=1S/C10H9BrO2/c11-8-3-1-2-7(6-8)10(4-5-10)9(12)13/h1-3,6H,4-5H2,(H,12,13)/p-1. The number of benzene rings is 1. The zero-order valence-electron chi connectivity index (χ0n) is 6.92.